The third kappa shape index (κ3) is 5.16. The molecule has 1 aliphatic rings. The van der Waals surface area contributed by atoms with Gasteiger partial charge in [-0.15, -0.1) is 11.8 Å². The molecule has 1 aliphatic heterocycles. The van der Waals surface area contributed by atoms with Crippen LogP contribution in [0.1, 0.15) is 43.5 Å². The highest BCUT2D eigenvalue weighted by molar-refractivity contribution is 7.99. The number of piperidine rings is 1. The normalized spacial score (nSPS) is 15.5. The molecule has 150 valence electrons. The minimum atomic E-state index is -3.52. The predicted octanol–water partition coefficient (Wildman–Crippen LogP) is 4.61. The van der Waals surface area contributed by atoms with E-state index in [0.717, 1.165) is 24.2 Å². The van der Waals surface area contributed by atoms with Crippen LogP contribution >= 0.6 is 11.8 Å². The lowest BCUT2D eigenvalue weighted by Gasteiger charge is -2.26. The number of rotatable bonds is 6. The second-order valence-corrected chi connectivity index (χ2v) is 10.7. The molecular formula is C21H26N2O3S2. The number of thioether (sulfide) groups is 1. The average Bonchev–Trinajstić information content (AvgIpc) is 2.69. The summed E-state index contributed by atoms with van der Waals surface area (Å²) in [6, 6.07) is 13.9. The number of benzene rings is 2. The van der Waals surface area contributed by atoms with Crippen LogP contribution in [0.5, 0.6) is 0 Å². The van der Waals surface area contributed by atoms with Gasteiger partial charge in [0.05, 0.1) is 4.90 Å². The number of nitrogens with zero attached hydrogens (tertiary/aromatic N) is 1. The quantitative estimate of drug-likeness (QED) is 0.696. The monoisotopic (exact) mass is 418 g/mol. The SMILES string of the molecule is CC(C)Sc1ccc(C(=O)Nc2cccc(S(=O)(=O)N3CCCCC3)c2)cc1. The lowest BCUT2D eigenvalue weighted by atomic mass is 10.2. The first-order chi connectivity index (χ1) is 13.4. The molecule has 1 fully saturated rings. The first-order valence-electron chi connectivity index (χ1n) is 9.54. The van der Waals surface area contributed by atoms with Crippen molar-refractivity contribution in [3.8, 4) is 0 Å². The molecule has 1 heterocycles. The maximum Gasteiger partial charge on any atom is 0.255 e. The summed E-state index contributed by atoms with van der Waals surface area (Å²) in [5.41, 5.74) is 1.01. The zero-order valence-corrected chi connectivity index (χ0v) is 17.9. The van der Waals surface area contributed by atoms with E-state index in [0.29, 0.717) is 29.6 Å². The molecule has 3 rings (SSSR count). The number of nitrogens with one attached hydrogen (secondary N) is 1. The summed E-state index contributed by atoms with van der Waals surface area (Å²) in [7, 11) is -3.52. The molecule has 28 heavy (non-hydrogen) atoms. The summed E-state index contributed by atoms with van der Waals surface area (Å²) in [4.78, 5) is 13.9. The third-order valence-electron chi connectivity index (χ3n) is 4.53. The number of anilines is 1. The van der Waals surface area contributed by atoms with E-state index in [1.54, 1.807) is 42.1 Å². The van der Waals surface area contributed by atoms with Gasteiger partial charge in [-0.1, -0.05) is 26.3 Å². The summed E-state index contributed by atoms with van der Waals surface area (Å²) in [5, 5.41) is 3.28. The van der Waals surface area contributed by atoms with Crippen molar-refractivity contribution in [2.24, 2.45) is 0 Å². The van der Waals surface area contributed by atoms with Crippen LogP contribution in [0.4, 0.5) is 5.69 Å². The van der Waals surface area contributed by atoms with E-state index in [9.17, 15) is 13.2 Å². The first-order valence-corrected chi connectivity index (χ1v) is 11.9. The maximum absolute atomic E-state index is 12.8. The Bertz CT molecular complexity index is 919. The largest absolute Gasteiger partial charge is 0.322 e. The molecule has 1 N–H and O–H groups in total. The van der Waals surface area contributed by atoms with Gasteiger partial charge in [-0.2, -0.15) is 4.31 Å². The van der Waals surface area contributed by atoms with Crippen LogP contribution in [0, 0.1) is 0 Å². The number of hydrogen-bond donors (Lipinski definition) is 1. The van der Waals surface area contributed by atoms with Crippen molar-refractivity contribution in [2.75, 3.05) is 18.4 Å². The molecule has 5 nitrogen and oxygen atoms in total. The van der Waals surface area contributed by atoms with E-state index < -0.39 is 10.0 Å². The van der Waals surface area contributed by atoms with Crippen LogP contribution in [-0.2, 0) is 10.0 Å². The number of sulfonamides is 1. The highest BCUT2D eigenvalue weighted by Gasteiger charge is 2.26. The van der Waals surface area contributed by atoms with Gasteiger partial charge < -0.3 is 5.32 Å². The molecule has 7 heteroatoms. The second-order valence-electron chi connectivity index (χ2n) is 7.14. The number of amides is 1. The minimum Gasteiger partial charge on any atom is -0.322 e. The van der Waals surface area contributed by atoms with Crippen LogP contribution < -0.4 is 5.32 Å². The summed E-state index contributed by atoms with van der Waals surface area (Å²) in [6.07, 6.45) is 2.85. The molecule has 1 saturated heterocycles. The minimum absolute atomic E-state index is 0.218. The molecule has 0 bridgehead atoms. The van der Waals surface area contributed by atoms with Crippen molar-refractivity contribution in [3.63, 3.8) is 0 Å². The lowest BCUT2D eigenvalue weighted by molar-refractivity contribution is 0.102. The molecule has 0 unspecified atom stereocenters. The zero-order chi connectivity index (χ0) is 20.1. The summed E-state index contributed by atoms with van der Waals surface area (Å²) in [6.45, 7) is 5.35. The van der Waals surface area contributed by atoms with Gasteiger partial charge in [-0.3, -0.25) is 4.79 Å². The molecule has 1 amide bonds. The van der Waals surface area contributed by atoms with Crippen LogP contribution in [0.15, 0.2) is 58.3 Å². The first kappa shape index (κ1) is 20.9. The van der Waals surface area contributed by atoms with Gasteiger partial charge in [0.25, 0.3) is 5.91 Å². The Morgan fingerprint density at radius 2 is 1.71 bits per heavy atom. The van der Waals surface area contributed by atoms with Crippen molar-refractivity contribution in [1.82, 2.24) is 4.31 Å². The zero-order valence-electron chi connectivity index (χ0n) is 16.2. The van der Waals surface area contributed by atoms with Crippen molar-refractivity contribution in [2.45, 2.75) is 48.2 Å². The van der Waals surface area contributed by atoms with E-state index in [-0.39, 0.29) is 10.8 Å². The van der Waals surface area contributed by atoms with E-state index in [2.05, 4.69) is 19.2 Å². The van der Waals surface area contributed by atoms with Gasteiger partial charge in [-0.25, -0.2) is 8.42 Å². The highest BCUT2D eigenvalue weighted by atomic mass is 32.2. The number of hydrogen-bond acceptors (Lipinski definition) is 4. The molecule has 0 radical (unpaired) electrons. The van der Waals surface area contributed by atoms with Crippen molar-refractivity contribution >= 4 is 33.4 Å². The van der Waals surface area contributed by atoms with Crippen molar-refractivity contribution < 1.29 is 13.2 Å². The fourth-order valence-electron chi connectivity index (χ4n) is 3.15. The Morgan fingerprint density at radius 1 is 1.04 bits per heavy atom. The van der Waals surface area contributed by atoms with Gasteiger partial charge >= 0.3 is 0 Å². The number of carbonyl (C=O) groups excluding carboxylic acids is 1. The van der Waals surface area contributed by atoms with Gasteiger partial charge in [-0.05, 0) is 55.3 Å². The van der Waals surface area contributed by atoms with Crippen molar-refractivity contribution in [1.29, 1.82) is 0 Å². The molecule has 2 aromatic rings. The predicted molar refractivity (Wildman–Crippen MR) is 114 cm³/mol. The molecule has 0 saturated carbocycles. The Morgan fingerprint density at radius 3 is 2.36 bits per heavy atom. The molecule has 2 aromatic carbocycles. The molecule has 0 atom stereocenters. The molecular weight excluding hydrogens is 392 g/mol. The smallest absolute Gasteiger partial charge is 0.255 e. The van der Waals surface area contributed by atoms with E-state index >= 15 is 0 Å². The standard InChI is InChI=1S/C21H26N2O3S2/c1-16(2)27-19-11-9-17(10-12-19)21(24)22-18-7-6-8-20(15-18)28(25,26)23-13-4-3-5-14-23/h6-12,15-16H,3-5,13-14H2,1-2H3,(H,22,24). The van der Waals surface area contributed by atoms with E-state index in [1.165, 1.54) is 10.4 Å². The van der Waals surface area contributed by atoms with E-state index in [4.69, 9.17) is 0 Å². The summed E-state index contributed by atoms with van der Waals surface area (Å²) >= 11 is 1.74. The summed E-state index contributed by atoms with van der Waals surface area (Å²) < 4.78 is 27.2. The summed E-state index contributed by atoms with van der Waals surface area (Å²) in [5.74, 6) is -0.256. The average molecular weight is 419 g/mol. The Kier molecular flexibility index (Phi) is 6.80. The second kappa shape index (κ2) is 9.11. The van der Waals surface area contributed by atoms with Gasteiger partial charge in [0.1, 0.15) is 0 Å². The Balaban J connectivity index is 1.72. The molecule has 0 aliphatic carbocycles. The van der Waals surface area contributed by atoms with Crippen LogP contribution in [0.2, 0.25) is 0 Å². The third-order valence-corrected chi connectivity index (χ3v) is 7.44. The number of carbonyl (C=O) groups is 1. The van der Waals surface area contributed by atoms with Crippen LogP contribution in [-0.4, -0.2) is 37.0 Å². The Hall–Kier alpha value is -1.83. The van der Waals surface area contributed by atoms with Gasteiger partial charge in [0, 0.05) is 34.5 Å². The van der Waals surface area contributed by atoms with Gasteiger partial charge in [0.15, 0.2) is 0 Å². The fraction of sp³-hybridized carbons (Fsp3) is 0.381. The van der Waals surface area contributed by atoms with Gasteiger partial charge in [0.2, 0.25) is 10.0 Å². The van der Waals surface area contributed by atoms with Crippen LogP contribution in [0.25, 0.3) is 0 Å². The highest BCUT2D eigenvalue weighted by Crippen LogP contribution is 2.25. The lowest BCUT2D eigenvalue weighted by Crippen LogP contribution is -2.35. The fourth-order valence-corrected chi connectivity index (χ4v) is 5.55. The Labute approximate surface area is 171 Å². The van der Waals surface area contributed by atoms with Crippen LogP contribution in [0.3, 0.4) is 0 Å². The van der Waals surface area contributed by atoms with E-state index in [1.807, 2.05) is 12.1 Å². The van der Waals surface area contributed by atoms with Crippen molar-refractivity contribution in [3.05, 3.63) is 54.1 Å². The molecule has 0 aromatic heterocycles. The maximum atomic E-state index is 12.8. The molecule has 0 spiro atoms. The topological polar surface area (TPSA) is 66.5 Å².